The summed E-state index contributed by atoms with van der Waals surface area (Å²) in [5.41, 5.74) is 2.18. The molecule has 1 N–H and O–H groups in total. The minimum atomic E-state index is 0.923. The molecule has 0 amide bonds. The zero-order valence-electron chi connectivity index (χ0n) is 10.1. The lowest BCUT2D eigenvalue weighted by molar-refractivity contribution is 0.936. The van der Waals surface area contributed by atoms with Crippen LogP contribution in [0.1, 0.15) is 19.0 Å². The summed E-state index contributed by atoms with van der Waals surface area (Å²) in [7, 11) is 0. The number of halogens is 1. The lowest BCUT2D eigenvalue weighted by atomic mass is 10.3. The summed E-state index contributed by atoms with van der Waals surface area (Å²) in [5, 5.41) is 3.35. The third-order valence-corrected chi connectivity index (χ3v) is 3.12. The highest BCUT2D eigenvalue weighted by molar-refractivity contribution is 14.1. The molecule has 0 bridgehead atoms. The zero-order chi connectivity index (χ0) is 12.3. The molecule has 0 aliphatic heterocycles. The number of nitrogens with one attached hydrogen (secondary N) is 1. The Hall–Kier alpha value is -1.04. The first kappa shape index (κ1) is 12.4. The van der Waals surface area contributed by atoms with Gasteiger partial charge in [0.15, 0.2) is 0 Å². The Labute approximate surface area is 115 Å². The van der Waals surface area contributed by atoms with Gasteiger partial charge in [0.25, 0.3) is 0 Å². The summed E-state index contributed by atoms with van der Waals surface area (Å²) in [6.07, 6.45) is 3.15. The van der Waals surface area contributed by atoms with Crippen LogP contribution in [0.25, 0.3) is 5.69 Å². The zero-order valence-corrected chi connectivity index (χ0v) is 12.2. The fourth-order valence-corrected chi connectivity index (χ4v) is 2.21. The number of nitrogens with zero attached hydrogens (tertiary/aromatic N) is 2. The molecule has 2 rings (SSSR count). The van der Waals surface area contributed by atoms with E-state index in [2.05, 4.69) is 74.8 Å². The maximum Gasteiger partial charge on any atom is 0.207 e. The van der Waals surface area contributed by atoms with Gasteiger partial charge in [-0.3, -0.25) is 4.57 Å². The molecular formula is C13H16IN3. The Balaban J connectivity index is 2.37. The molecule has 0 atom stereocenters. The van der Waals surface area contributed by atoms with E-state index in [0.717, 1.165) is 30.3 Å². The highest BCUT2D eigenvalue weighted by Gasteiger charge is 2.06. The fraction of sp³-hybridized carbons (Fsp3) is 0.308. The summed E-state index contributed by atoms with van der Waals surface area (Å²) in [5.74, 6) is 0.923. The summed E-state index contributed by atoms with van der Waals surface area (Å²) in [6, 6.07) is 8.41. The Morgan fingerprint density at radius 3 is 2.94 bits per heavy atom. The first-order chi connectivity index (χ1) is 8.20. The van der Waals surface area contributed by atoms with Crippen LogP contribution < -0.4 is 5.32 Å². The number of aryl methyl sites for hydroxylation is 1. The highest BCUT2D eigenvalue weighted by Crippen LogP contribution is 2.18. The van der Waals surface area contributed by atoms with Crippen molar-refractivity contribution in [1.82, 2.24) is 9.55 Å². The van der Waals surface area contributed by atoms with Gasteiger partial charge in [-0.2, -0.15) is 0 Å². The van der Waals surface area contributed by atoms with E-state index in [4.69, 9.17) is 0 Å². The topological polar surface area (TPSA) is 29.9 Å². The number of hydrogen-bond acceptors (Lipinski definition) is 2. The van der Waals surface area contributed by atoms with Gasteiger partial charge in [-0.1, -0.05) is 13.0 Å². The molecular weight excluding hydrogens is 325 g/mol. The largest absolute Gasteiger partial charge is 0.355 e. The average Bonchev–Trinajstić information content (AvgIpc) is 2.68. The quantitative estimate of drug-likeness (QED) is 0.861. The minimum absolute atomic E-state index is 0.923. The lowest BCUT2D eigenvalue weighted by Crippen LogP contribution is -2.06. The summed E-state index contributed by atoms with van der Waals surface area (Å²) in [6.45, 7) is 5.11. The van der Waals surface area contributed by atoms with Gasteiger partial charge in [0, 0.05) is 22.0 Å². The molecule has 1 heterocycles. The van der Waals surface area contributed by atoms with E-state index < -0.39 is 0 Å². The summed E-state index contributed by atoms with van der Waals surface area (Å²) in [4.78, 5) is 4.50. The third-order valence-electron chi connectivity index (χ3n) is 2.45. The molecule has 1 aromatic heterocycles. The van der Waals surface area contributed by atoms with Crippen molar-refractivity contribution >= 4 is 28.5 Å². The number of aromatic nitrogens is 2. The molecule has 1 aromatic carbocycles. The van der Waals surface area contributed by atoms with E-state index >= 15 is 0 Å². The van der Waals surface area contributed by atoms with Gasteiger partial charge in [-0.05, 0) is 54.1 Å². The molecule has 4 heteroatoms. The predicted octanol–water partition coefficient (Wildman–Crippen LogP) is 3.61. The van der Waals surface area contributed by atoms with Crippen LogP contribution in [0.4, 0.5) is 5.95 Å². The Kier molecular flexibility index (Phi) is 4.04. The van der Waals surface area contributed by atoms with Gasteiger partial charge in [0.1, 0.15) is 0 Å². The van der Waals surface area contributed by atoms with E-state index in [-0.39, 0.29) is 0 Å². The summed E-state index contributed by atoms with van der Waals surface area (Å²) < 4.78 is 3.33. The van der Waals surface area contributed by atoms with Crippen LogP contribution in [0.5, 0.6) is 0 Å². The third kappa shape index (κ3) is 3.00. The molecule has 0 unspecified atom stereocenters. The van der Waals surface area contributed by atoms with Gasteiger partial charge in [-0.25, -0.2) is 4.98 Å². The van der Waals surface area contributed by atoms with Gasteiger partial charge >= 0.3 is 0 Å². The SMILES string of the molecule is CCCNc1nc(C)cn1-c1cccc(I)c1. The minimum Gasteiger partial charge on any atom is -0.355 e. The second-order valence-corrected chi connectivity index (χ2v) is 5.23. The maximum atomic E-state index is 4.50. The van der Waals surface area contributed by atoms with Crippen molar-refractivity contribution in [3.63, 3.8) is 0 Å². The van der Waals surface area contributed by atoms with Crippen molar-refractivity contribution in [2.45, 2.75) is 20.3 Å². The molecule has 0 saturated carbocycles. The standard InChI is InChI=1S/C13H16IN3/c1-3-7-15-13-16-10(2)9-17(13)12-6-4-5-11(14)8-12/h4-6,8-9H,3,7H2,1-2H3,(H,15,16). The second-order valence-electron chi connectivity index (χ2n) is 3.98. The molecule has 2 aromatic rings. The molecule has 0 aliphatic rings. The maximum absolute atomic E-state index is 4.50. The lowest BCUT2D eigenvalue weighted by Gasteiger charge is -2.09. The van der Waals surface area contributed by atoms with E-state index in [1.165, 1.54) is 3.57 Å². The monoisotopic (exact) mass is 341 g/mol. The van der Waals surface area contributed by atoms with E-state index in [9.17, 15) is 0 Å². The first-order valence-electron chi connectivity index (χ1n) is 5.76. The van der Waals surface area contributed by atoms with E-state index in [1.807, 2.05) is 6.92 Å². The summed E-state index contributed by atoms with van der Waals surface area (Å²) >= 11 is 2.33. The molecule has 17 heavy (non-hydrogen) atoms. The van der Waals surface area contributed by atoms with Crippen molar-refractivity contribution in [3.8, 4) is 5.69 Å². The van der Waals surface area contributed by atoms with Crippen LogP contribution in [0.2, 0.25) is 0 Å². The van der Waals surface area contributed by atoms with Gasteiger partial charge in [0.05, 0.1) is 5.69 Å². The molecule has 0 spiro atoms. The van der Waals surface area contributed by atoms with E-state index in [0.29, 0.717) is 0 Å². The molecule has 0 fully saturated rings. The number of hydrogen-bond donors (Lipinski definition) is 1. The number of anilines is 1. The first-order valence-corrected chi connectivity index (χ1v) is 6.84. The number of imidazole rings is 1. The van der Waals surface area contributed by atoms with Crippen molar-refractivity contribution in [2.75, 3.05) is 11.9 Å². The van der Waals surface area contributed by atoms with Crippen molar-refractivity contribution < 1.29 is 0 Å². The Morgan fingerprint density at radius 2 is 2.24 bits per heavy atom. The van der Waals surface area contributed by atoms with Crippen molar-refractivity contribution in [2.24, 2.45) is 0 Å². The van der Waals surface area contributed by atoms with Crippen LogP contribution in [0.15, 0.2) is 30.5 Å². The second kappa shape index (κ2) is 5.53. The molecule has 0 aliphatic carbocycles. The predicted molar refractivity (Wildman–Crippen MR) is 79.8 cm³/mol. The Morgan fingerprint density at radius 1 is 1.41 bits per heavy atom. The van der Waals surface area contributed by atoms with Crippen LogP contribution in [-0.2, 0) is 0 Å². The smallest absolute Gasteiger partial charge is 0.207 e. The average molecular weight is 341 g/mol. The highest BCUT2D eigenvalue weighted by atomic mass is 127. The van der Waals surface area contributed by atoms with Crippen LogP contribution in [0, 0.1) is 10.5 Å². The van der Waals surface area contributed by atoms with Crippen molar-refractivity contribution in [3.05, 3.63) is 39.7 Å². The van der Waals surface area contributed by atoms with Gasteiger partial charge in [0.2, 0.25) is 5.95 Å². The van der Waals surface area contributed by atoms with E-state index in [1.54, 1.807) is 0 Å². The fourth-order valence-electron chi connectivity index (χ4n) is 1.68. The molecule has 90 valence electrons. The Bertz CT molecular complexity index is 505. The van der Waals surface area contributed by atoms with Gasteiger partial charge < -0.3 is 5.32 Å². The van der Waals surface area contributed by atoms with Crippen LogP contribution >= 0.6 is 22.6 Å². The molecule has 0 radical (unpaired) electrons. The molecule has 0 saturated heterocycles. The van der Waals surface area contributed by atoms with Gasteiger partial charge in [-0.15, -0.1) is 0 Å². The van der Waals surface area contributed by atoms with Crippen LogP contribution in [0.3, 0.4) is 0 Å². The molecule has 3 nitrogen and oxygen atoms in total. The number of benzene rings is 1. The number of rotatable bonds is 4. The van der Waals surface area contributed by atoms with Crippen LogP contribution in [-0.4, -0.2) is 16.1 Å². The van der Waals surface area contributed by atoms with Crippen molar-refractivity contribution in [1.29, 1.82) is 0 Å². The normalized spacial score (nSPS) is 10.5.